The molecular weight excluding hydrogens is 703 g/mol. The smallest absolute Gasteiger partial charge is 0.296 e. The van der Waals surface area contributed by atoms with Crippen molar-refractivity contribution in [2.24, 2.45) is 20.5 Å². The Bertz CT molecular complexity index is 3000. The van der Waals surface area contributed by atoms with Gasteiger partial charge in [0.25, 0.3) is 25.8 Å². The van der Waals surface area contributed by atoms with Gasteiger partial charge in [-0.25, -0.2) is 0 Å². The SMILES string of the molecule is Nc1ccc2c(O)c(N=Nc3ccc4[nH]c(=O)c5ccc(N=Nc6c(S(=O)(=O)O)cc7cc(N)ccc7c6O)cc5c4c3)c(S(=O)(=O)O)cc2c1. The lowest BCUT2D eigenvalue weighted by molar-refractivity contribution is 0.471. The van der Waals surface area contributed by atoms with E-state index >= 15 is 0 Å². The van der Waals surface area contributed by atoms with E-state index in [0.29, 0.717) is 27.7 Å². The second kappa shape index (κ2) is 11.8. The van der Waals surface area contributed by atoms with Gasteiger partial charge in [0.15, 0.2) is 11.5 Å². The first kappa shape index (κ1) is 33.0. The molecule has 0 aliphatic carbocycles. The minimum absolute atomic E-state index is 0.124. The van der Waals surface area contributed by atoms with Gasteiger partial charge in [0.2, 0.25) is 0 Å². The van der Waals surface area contributed by atoms with Gasteiger partial charge in [0.1, 0.15) is 21.2 Å². The molecule has 0 fully saturated rings. The van der Waals surface area contributed by atoms with Crippen LogP contribution in [0, 0.1) is 0 Å². The second-order valence-corrected chi connectivity index (χ2v) is 14.1. The first-order valence-electron chi connectivity index (χ1n) is 14.6. The minimum atomic E-state index is -4.88. The third kappa shape index (κ3) is 6.04. The highest BCUT2D eigenvalue weighted by Gasteiger charge is 2.23. The van der Waals surface area contributed by atoms with Crippen molar-refractivity contribution in [3.05, 3.63) is 95.3 Å². The standard InChI is InChI=1S/C33H23N7O9S2/c34-17-1-5-21-15(9-17)11-27(50(44,45)46)29(31(21)41)39-37-19-3-7-23-24(13-19)25-14-20(4-8-26(25)36-33(23)43)38-40-30-28(51(47,48)49)12-16-10-18(35)2-6-22(16)32(30)42/h1-14,41-42H,34-35H2,(H,36,43)(H,44,45,46)(H,47,48,49). The van der Waals surface area contributed by atoms with Crippen LogP contribution in [0.15, 0.2) is 120 Å². The molecule has 0 unspecified atom stereocenters. The van der Waals surface area contributed by atoms with Crippen LogP contribution in [0.3, 0.4) is 0 Å². The summed E-state index contributed by atoms with van der Waals surface area (Å²) in [6, 6.07) is 19.8. The van der Waals surface area contributed by atoms with Crippen LogP contribution in [-0.2, 0) is 20.2 Å². The Hall–Kier alpha value is -6.47. The number of nitrogens with two attached hydrogens (primary N) is 2. The summed E-state index contributed by atoms with van der Waals surface area (Å²) >= 11 is 0. The van der Waals surface area contributed by atoms with Crippen molar-refractivity contribution in [1.29, 1.82) is 0 Å². The van der Waals surface area contributed by atoms with E-state index in [1.807, 2.05) is 0 Å². The van der Waals surface area contributed by atoms with Crippen LogP contribution >= 0.6 is 0 Å². The molecule has 0 aliphatic heterocycles. The van der Waals surface area contributed by atoms with E-state index < -0.39 is 58.5 Å². The predicted octanol–water partition coefficient (Wildman–Crippen LogP) is 6.89. The third-order valence-corrected chi connectivity index (χ3v) is 9.76. The summed E-state index contributed by atoms with van der Waals surface area (Å²) in [6.45, 7) is 0. The van der Waals surface area contributed by atoms with Crippen molar-refractivity contribution in [2.45, 2.75) is 9.79 Å². The lowest BCUT2D eigenvalue weighted by atomic mass is 10.1. The number of anilines is 2. The quantitative estimate of drug-likeness (QED) is 0.0401. The van der Waals surface area contributed by atoms with E-state index in [1.165, 1.54) is 72.8 Å². The molecule has 0 radical (unpaired) electrons. The van der Waals surface area contributed by atoms with Crippen LogP contribution in [0.4, 0.5) is 34.1 Å². The van der Waals surface area contributed by atoms with Crippen LogP contribution in [-0.4, -0.2) is 41.1 Å². The van der Waals surface area contributed by atoms with Crippen LogP contribution < -0.4 is 17.0 Å². The van der Waals surface area contributed by atoms with Crippen molar-refractivity contribution < 1.29 is 36.2 Å². The topological polar surface area (TPSA) is 284 Å². The van der Waals surface area contributed by atoms with Crippen molar-refractivity contribution in [3.63, 3.8) is 0 Å². The highest BCUT2D eigenvalue weighted by molar-refractivity contribution is 7.86. The van der Waals surface area contributed by atoms with Gasteiger partial charge in [-0.1, -0.05) is 0 Å². The number of nitrogen functional groups attached to an aromatic ring is 2. The number of rotatable bonds is 6. The molecule has 0 saturated heterocycles. The van der Waals surface area contributed by atoms with Gasteiger partial charge in [-0.15, -0.1) is 10.2 Å². The number of aromatic nitrogens is 1. The van der Waals surface area contributed by atoms with Gasteiger partial charge in [-0.05, 0) is 101 Å². The Kier molecular flexibility index (Phi) is 7.68. The number of phenolic OH excluding ortho intramolecular Hbond substituents is 2. The number of nitrogens with one attached hydrogen (secondary N) is 1. The van der Waals surface area contributed by atoms with Crippen molar-refractivity contribution in [1.82, 2.24) is 4.98 Å². The van der Waals surface area contributed by atoms with E-state index in [9.17, 15) is 40.9 Å². The van der Waals surface area contributed by atoms with Gasteiger partial charge < -0.3 is 26.7 Å². The second-order valence-electron chi connectivity index (χ2n) is 11.4. The van der Waals surface area contributed by atoms with Crippen LogP contribution in [0.25, 0.3) is 43.2 Å². The van der Waals surface area contributed by atoms with Crippen molar-refractivity contribution >= 4 is 97.6 Å². The van der Waals surface area contributed by atoms with Crippen LogP contribution in [0.5, 0.6) is 11.5 Å². The number of phenols is 2. The van der Waals surface area contributed by atoms with E-state index in [-0.39, 0.29) is 38.3 Å². The number of aromatic amines is 1. The Morgan fingerprint density at radius 1 is 0.529 bits per heavy atom. The molecule has 7 rings (SSSR count). The van der Waals surface area contributed by atoms with Gasteiger partial charge in [0, 0.05) is 38.4 Å². The van der Waals surface area contributed by atoms with Gasteiger partial charge in [-0.3, -0.25) is 13.9 Å². The summed E-state index contributed by atoms with van der Waals surface area (Å²) in [6.07, 6.45) is 0. The number of hydrogen-bond donors (Lipinski definition) is 7. The molecule has 0 atom stereocenters. The molecule has 9 N–H and O–H groups in total. The zero-order valence-corrected chi connectivity index (χ0v) is 27.3. The predicted molar refractivity (Wildman–Crippen MR) is 190 cm³/mol. The Labute approximate surface area is 286 Å². The summed E-state index contributed by atoms with van der Waals surface area (Å²) in [4.78, 5) is 14.3. The highest BCUT2D eigenvalue weighted by atomic mass is 32.2. The van der Waals surface area contributed by atoms with Gasteiger partial charge in [-0.2, -0.15) is 27.1 Å². The molecule has 51 heavy (non-hydrogen) atoms. The molecule has 7 aromatic rings. The van der Waals surface area contributed by atoms with Crippen LogP contribution in [0.1, 0.15) is 0 Å². The maximum Gasteiger partial charge on any atom is 0.296 e. The van der Waals surface area contributed by atoms with Crippen molar-refractivity contribution in [3.8, 4) is 11.5 Å². The fraction of sp³-hybridized carbons (Fsp3) is 0. The summed E-state index contributed by atoms with van der Waals surface area (Å²) < 4.78 is 68.7. The maximum absolute atomic E-state index is 12.9. The third-order valence-electron chi connectivity index (χ3n) is 8.03. The maximum atomic E-state index is 12.9. The molecule has 16 nitrogen and oxygen atoms in total. The first-order chi connectivity index (χ1) is 24.1. The minimum Gasteiger partial charge on any atom is -0.505 e. The normalized spacial score (nSPS) is 12.7. The molecule has 0 spiro atoms. The molecule has 1 aromatic heterocycles. The molecule has 0 aliphatic rings. The van der Waals surface area contributed by atoms with E-state index in [1.54, 1.807) is 0 Å². The number of aromatic hydroxyl groups is 2. The van der Waals surface area contributed by atoms with Crippen LogP contribution in [0.2, 0.25) is 0 Å². The number of H-pyrrole nitrogens is 1. The van der Waals surface area contributed by atoms with Gasteiger partial charge in [0.05, 0.1) is 11.4 Å². The van der Waals surface area contributed by atoms with Crippen molar-refractivity contribution in [2.75, 3.05) is 11.5 Å². The Morgan fingerprint density at radius 2 is 0.980 bits per heavy atom. The zero-order valence-electron chi connectivity index (χ0n) is 25.7. The average Bonchev–Trinajstić information content (AvgIpc) is 3.06. The number of fused-ring (bicyclic) bond motifs is 5. The molecule has 256 valence electrons. The Morgan fingerprint density at radius 3 is 1.47 bits per heavy atom. The first-order valence-corrected chi connectivity index (χ1v) is 17.5. The molecule has 1 heterocycles. The summed E-state index contributed by atoms with van der Waals surface area (Å²) in [5.41, 5.74) is 11.3. The monoisotopic (exact) mass is 725 g/mol. The summed E-state index contributed by atoms with van der Waals surface area (Å²) in [5, 5.41) is 39.8. The Balaban J connectivity index is 1.34. The highest BCUT2D eigenvalue weighted by Crippen LogP contribution is 2.43. The van der Waals surface area contributed by atoms with Gasteiger partial charge >= 0.3 is 0 Å². The molecule has 0 amide bonds. The van der Waals surface area contributed by atoms with E-state index in [0.717, 1.165) is 12.1 Å². The average molecular weight is 726 g/mol. The fourth-order valence-electron chi connectivity index (χ4n) is 5.67. The fourth-order valence-corrected chi connectivity index (χ4v) is 6.99. The molecule has 6 aromatic carbocycles. The van der Waals surface area contributed by atoms with E-state index in [2.05, 4.69) is 25.4 Å². The number of nitrogens with zero attached hydrogens (tertiary/aromatic N) is 4. The lowest BCUT2D eigenvalue weighted by Gasteiger charge is -2.10. The summed E-state index contributed by atoms with van der Waals surface area (Å²) in [7, 11) is -9.75. The summed E-state index contributed by atoms with van der Waals surface area (Å²) in [5.74, 6) is -1.13. The lowest BCUT2D eigenvalue weighted by Crippen LogP contribution is -2.05. The zero-order chi connectivity index (χ0) is 36.4. The number of azo groups is 2. The molecule has 0 saturated carbocycles. The number of pyridine rings is 1. The number of hydrogen-bond acceptors (Lipinski definition) is 13. The van der Waals surface area contributed by atoms with E-state index in [4.69, 9.17) is 11.5 Å². The molecular formula is C33H23N7O9S2. The largest absolute Gasteiger partial charge is 0.505 e. The number of benzene rings is 6. The molecule has 0 bridgehead atoms. The molecule has 18 heteroatoms.